The summed E-state index contributed by atoms with van der Waals surface area (Å²) >= 11 is 0. The first-order valence-electron chi connectivity index (χ1n) is 4.23. The largest absolute Gasteiger partial charge is 0.494 e. The Morgan fingerprint density at radius 1 is 1.38 bits per heavy atom. The number of methoxy groups -OCH3 is 1. The average Bonchev–Trinajstić information content (AvgIpc) is 2.59. The number of hydrogen-bond acceptors (Lipinski definition) is 3. The highest BCUT2D eigenvalue weighted by atomic mass is 16.5. The van der Waals surface area contributed by atoms with E-state index in [9.17, 15) is 0 Å². The Bertz CT molecular complexity index is 422. The normalized spacial score (nSPS) is 10.6. The molecule has 0 radical (unpaired) electrons. The molecule has 0 spiro atoms. The van der Waals surface area contributed by atoms with Crippen molar-refractivity contribution in [3.05, 3.63) is 18.2 Å². The van der Waals surface area contributed by atoms with Crippen molar-refractivity contribution < 1.29 is 4.74 Å². The zero-order valence-corrected chi connectivity index (χ0v) is 7.69. The van der Waals surface area contributed by atoms with E-state index >= 15 is 0 Å². The van der Waals surface area contributed by atoms with Crippen LogP contribution in [0.5, 0.6) is 5.75 Å². The fourth-order valence-electron chi connectivity index (χ4n) is 1.26. The summed E-state index contributed by atoms with van der Waals surface area (Å²) in [5.74, 6) is 0.775. The monoisotopic (exact) mass is 177 g/mol. The summed E-state index contributed by atoms with van der Waals surface area (Å²) in [5.41, 5.74) is 1.70. The van der Waals surface area contributed by atoms with Crippen molar-refractivity contribution in [3.8, 4) is 5.75 Å². The number of rotatable bonds is 2. The Hall–Kier alpha value is -1.58. The predicted molar refractivity (Wildman–Crippen MR) is 49.8 cm³/mol. The van der Waals surface area contributed by atoms with Crippen LogP contribution in [0.15, 0.2) is 18.2 Å². The molecule has 0 aliphatic rings. The van der Waals surface area contributed by atoms with Crippen LogP contribution in [0, 0.1) is 0 Å². The number of ether oxygens (including phenoxy) is 1. The van der Waals surface area contributed by atoms with Crippen LogP contribution in [0.3, 0.4) is 0 Å². The molecule has 0 amide bonds. The molecule has 1 aromatic heterocycles. The van der Waals surface area contributed by atoms with Crippen LogP contribution < -0.4 is 4.74 Å². The molecule has 0 aliphatic carbocycles. The zero-order chi connectivity index (χ0) is 9.26. The van der Waals surface area contributed by atoms with Crippen LogP contribution in [-0.4, -0.2) is 22.1 Å². The van der Waals surface area contributed by atoms with Gasteiger partial charge in [-0.2, -0.15) is 9.90 Å². The molecule has 4 nitrogen and oxygen atoms in total. The number of nitrogens with zero attached hydrogens (tertiary/aromatic N) is 3. The van der Waals surface area contributed by atoms with Gasteiger partial charge in [0.25, 0.3) is 0 Å². The number of hydrogen-bond donors (Lipinski definition) is 0. The summed E-state index contributed by atoms with van der Waals surface area (Å²) < 4.78 is 5.17. The molecule has 2 rings (SSSR count). The Kier molecular flexibility index (Phi) is 1.88. The minimum Gasteiger partial charge on any atom is -0.494 e. The third-order valence-corrected chi connectivity index (χ3v) is 1.92. The van der Waals surface area contributed by atoms with Gasteiger partial charge in [0.2, 0.25) is 0 Å². The van der Waals surface area contributed by atoms with Crippen molar-refractivity contribution in [1.82, 2.24) is 15.0 Å². The lowest BCUT2D eigenvalue weighted by Gasteiger charge is -1.96. The minimum atomic E-state index is 0.775. The van der Waals surface area contributed by atoms with E-state index < -0.39 is 0 Å². The van der Waals surface area contributed by atoms with Crippen LogP contribution in [0.25, 0.3) is 11.0 Å². The van der Waals surface area contributed by atoms with Crippen LogP contribution in [-0.2, 0) is 6.54 Å². The Morgan fingerprint density at radius 3 is 2.92 bits per heavy atom. The van der Waals surface area contributed by atoms with Gasteiger partial charge in [-0.1, -0.05) is 6.07 Å². The van der Waals surface area contributed by atoms with Gasteiger partial charge in [-0.05, 0) is 19.1 Å². The molecule has 68 valence electrons. The van der Waals surface area contributed by atoms with Crippen molar-refractivity contribution in [2.24, 2.45) is 0 Å². The molecule has 4 heteroatoms. The lowest BCUT2D eigenvalue weighted by Crippen LogP contribution is -1.97. The van der Waals surface area contributed by atoms with E-state index in [4.69, 9.17) is 4.74 Å². The Balaban J connectivity index is 2.67. The highest BCUT2D eigenvalue weighted by Crippen LogP contribution is 2.21. The maximum absolute atomic E-state index is 5.17. The second kappa shape index (κ2) is 3.05. The van der Waals surface area contributed by atoms with Gasteiger partial charge >= 0.3 is 0 Å². The van der Waals surface area contributed by atoms with Gasteiger partial charge in [-0.25, -0.2) is 0 Å². The minimum absolute atomic E-state index is 0.775. The van der Waals surface area contributed by atoms with E-state index in [0.717, 1.165) is 23.3 Å². The quantitative estimate of drug-likeness (QED) is 0.697. The van der Waals surface area contributed by atoms with Crippen molar-refractivity contribution in [2.45, 2.75) is 13.5 Å². The first kappa shape index (κ1) is 8.04. The fraction of sp³-hybridized carbons (Fsp3) is 0.333. The van der Waals surface area contributed by atoms with E-state index in [1.165, 1.54) is 0 Å². The summed E-state index contributed by atoms with van der Waals surface area (Å²) in [7, 11) is 1.64. The molecule has 0 saturated heterocycles. The lowest BCUT2D eigenvalue weighted by atomic mass is 10.3. The van der Waals surface area contributed by atoms with Crippen molar-refractivity contribution >= 4 is 11.0 Å². The van der Waals surface area contributed by atoms with Crippen molar-refractivity contribution in [3.63, 3.8) is 0 Å². The molecule has 0 N–H and O–H groups in total. The zero-order valence-electron chi connectivity index (χ0n) is 7.69. The molecule has 0 bridgehead atoms. The predicted octanol–water partition coefficient (Wildman–Crippen LogP) is 1.46. The highest BCUT2D eigenvalue weighted by molar-refractivity contribution is 5.80. The Morgan fingerprint density at radius 2 is 2.23 bits per heavy atom. The molecule has 0 fully saturated rings. The maximum atomic E-state index is 5.17. The molecule has 0 aliphatic heterocycles. The van der Waals surface area contributed by atoms with Gasteiger partial charge in [0.15, 0.2) is 5.52 Å². The van der Waals surface area contributed by atoms with Gasteiger partial charge in [0.05, 0.1) is 13.7 Å². The number of aromatic nitrogens is 3. The Labute approximate surface area is 76.1 Å². The number of benzene rings is 1. The summed E-state index contributed by atoms with van der Waals surface area (Å²) in [4.78, 5) is 1.66. The van der Waals surface area contributed by atoms with Crippen LogP contribution >= 0.6 is 0 Å². The average molecular weight is 177 g/mol. The molecule has 0 saturated carbocycles. The number of aryl methyl sites for hydroxylation is 1. The van der Waals surface area contributed by atoms with Crippen LogP contribution in [0.4, 0.5) is 0 Å². The first-order valence-corrected chi connectivity index (χ1v) is 4.23. The van der Waals surface area contributed by atoms with Gasteiger partial charge in [0.1, 0.15) is 11.3 Å². The molecular formula is C9H11N3O. The van der Waals surface area contributed by atoms with Crippen molar-refractivity contribution in [1.29, 1.82) is 0 Å². The maximum Gasteiger partial charge on any atom is 0.155 e. The molecule has 2 aromatic rings. The summed E-state index contributed by atoms with van der Waals surface area (Å²) in [6, 6.07) is 5.73. The molecule has 1 heterocycles. The van der Waals surface area contributed by atoms with Crippen molar-refractivity contribution in [2.75, 3.05) is 7.11 Å². The van der Waals surface area contributed by atoms with Crippen LogP contribution in [0.1, 0.15) is 6.92 Å². The SMILES string of the molecule is CCn1nc2cccc(OC)c2n1. The van der Waals surface area contributed by atoms with Gasteiger partial charge in [-0.3, -0.25) is 0 Å². The van der Waals surface area contributed by atoms with E-state index in [0.29, 0.717) is 0 Å². The molecule has 0 atom stereocenters. The van der Waals surface area contributed by atoms with Gasteiger partial charge in [-0.15, -0.1) is 5.10 Å². The van der Waals surface area contributed by atoms with E-state index in [1.807, 2.05) is 25.1 Å². The third-order valence-electron chi connectivity index (χ3n) is 1.92. The standard InChI is InChI=1S/C9H11N3O/c1-3-12-10-7-5-4-6-8(13-2)9(7)11-12/h4-6H,3H2,1-2H3. The molecule has 13 heavy (non-hydrogen) atoms. The topological polar surface area (TPSA) is 39.9 Å². The molecular weight excluding hydrogens is 166 g/mol. The summed E-state index contributed by atoms with van der Waals surface area (Å²) in [6.07, 6.45) is 0. The highest BCUT2D eigenvalue weighted by Gasteiger charge is 2.05. The number of fused-ring (bicyclic) bond motifs is 1. The second-order valence-electron chi connectivity index (χ2n) is 2.72. The first-order chi connectivity index (χ1) is 6.35. The second-order valence-corrected chi connectivity index (χ2v) is 2.72. The smallest absolute Gasteiger partial charge is 0.155 e. The van der Waals surface area contributed by atoms with Gasteiger partial charge in [0, 0.05) is 0 Å². The third kappa shape index (κ3) is 1.24. The van der Waals surface area contributed by atoms with E-state index in [1.54, 1.807) is 11.9 Å². The summed E-state index contributed by atoms with van der Waals surface area (Å²) in [6.45, 7) is 2.78. The fourth-order valence-corrected chi connectivity index (χ4v) is 1.26. The van der Waals surface area contributed by atoms with Gasteiger partial charge < -0.3 is 4.74 Å². The molecule has 1 aromatic carbocycles. The lowest BCUT2D eigenvalue weighted by molar-refractivity contribution is 0.418. The van der Waals surface area contributed by atoms with E-state index in [-0.39, 0.29) is 0 Å². The summed E-state index contributed by atoms with van der Waals surface area (Å²) in [5, 5.41) is 8.55. The van der Waals surface area contributed by atoms with E-state index in [2.05, 4.69) is 10.2 Å². The van der Waals surface area contributed by atoms with Crippen LogP contribution in [0.2, 0.25) is 0 Å². The molecule has 0 unspecified atom stereocenters.